The monoisotopic (exact) mass is 433 g/mol. The predicted octanol–water partition coefficient (Wildman–Crippen LogP) is 3.97. The van der Waals surface area contributed by atoms with Crippen molar-refractivity contribution in [3.05, 3.63) is 76.5 Å². The van der Waals surface area contributed by atoms with Crippen LogP contribution in [0.1, 0.15) is 16.1 Å². The zero-order valence-electron chi connectivity index (χ0n) is 15.9. The Balaban J connectivity index is 1.58. The van der Waals surface area contributed by atoms with E-state index in [2.05, 4.69) is 16.0 Å². The van der Waals surface area contributed by atoms with Gasteiger partial charge in [0.2, 0.25) is 5.91 Å². The first-order valence-corrected chi connectivity index (χ1v) is 9.32. The SMILES string of the molecule is CNC(=O)c1ccccc1NC(=O)CNCc1ccc(-c2cc(Cl)cc(F)c2F)o1. The van der Waals surface area contributed by atoms with Gasteiger partial charge in [-0.3, -0.25) is 9.59 Å². The Morgan fingerprint density at radius 3 is 2.63 bits per heavy atom. The van der Waals surface area contributed by atoms with Crippen LogP contribution in [-0.4, -0.2) is 25.4 Å². The summed E-state index contributed by atoms with van der Waals surface area (Å²) in [6.07, 6.45) is 0. The summed E-state index contributed by atoms with van der Waals surface area (Å²) in [5, 5.41) is 8.11. The van der Waals surface area contributed by atoms with Crippen molar-refractivity contribution >= 4 is 29.1 Å². The second-order valence-electron chi connectivity index (χ2n) is 6.29. The summed E-state index contributed by atoms with van der Waals surface area (Å²) in [5.74, 6) is -2.25. The third-order valence-electron chi connectivity index (χ3n) is 4.18. The number of benzene rings is 2. The van der Waals surface area contributed by atoms with Gasteiger partial charge in [0.05, 0.1) is 29.9 Å². The predicted molar refractivity (Wildman–Crippen MR) is 109 cm³/mol. The summed E-state index contributed by atoms with van der Waals surface area (Å²) in [5.41, 5.74) is 0.650. The molecule has 0 aliphatic heterocycles. The van der Waals surface area contributed by atoms with E-state index in [-0.39, 0.29) is 41.3 Å². The maximum Gasteiger partial charge on any atom is 0.253 e. The van der Waals surface area contributed by atoms with Crippen LogP contribution in [0.5, 0.6) is 0 Å². The third-order valence-corrected chi connectivity index (χ3v) is 4.40. The number of anilines is 1. The molecule has 1 heterocycles. The van der Waals surface area contributed by atoms with E-state index < -0.39 is 11.6 Å². The standard InChI is InChI=1S/C21H18ClF2N3O3/c1-25-21(29)14-4-2-3-5-17(14)27-19(28)11-26-10-13-6-7-18(30-13)15-8-12(22)9-16(23)20(15)24/h2-9,26H,10-11H2,1H3,(H,25,29)(H,27,28). The molecule has 6 nitrogen and oxygen atoms in total. The number of nitrogens with one attached hydrogen (secondary N) is 3. The van der Waals surface area contributed by atoms with Crippen LogP contribution < -0.4 is 16.0 Å². The fraction of sp³-hybridized carbons (Fsp3) is 0.143. The van der Waals surface area contributed by atoms with Gasteiger partial charge in [-0.05, 0) is 36.4 Å². The quantitative estimate of drug-likeness (QED) is 0.492. The van der Waals surface area contributed by atoms with Crippen molar-refractivity contribution in [1.82, 2.24) is 10.6 Å². The molecular weight excluding hydrogens is 416 g/mol. The van der Waals surface area contributed by atoms with Crippen molar-refractivity contribution in [3.63, 3.8) is 0 Å². The van der Waals surface area contributed by atoms with Crippen molar-refractivity contribution in [2.75, 3.05) is 18.9 Å². The highest BCUT2D eigenvalue weighted by atomic mass is 35.5. The molecule has 0 saturated heterocycles. The Morgan fingerprint density at radius 2 is 1.87 bits per heavy atom. The molecule has 0 bridgehead atoms. The van der Waals surface area contributed by atoms with Gasteiger partial charge in [0.25, 0.3) is 5.91 Å². The van der Waals surface area contributed by atoms with Crippen molar-refractivity contribution in [2.24, 2.45) is 0 Å². The molecule has 0 unspecified atom stereocenters. The van der Waals surface area contributed by atoms with E-state index in [1.165, 1.54) is 19.2 Å². The summed E-state index contributed by atoms with van der Waals surface area (Å²) in [7, 11) is 1.50. The van der Waals surface area contributed by atoms with Gasteiger partial charge in [-0.1, -0.05) is 23.7 Å². The first kappa shape index (κ1) is 21.5. The fourth-order valence-corrected chi connectivity index (χ4v) is 2.98. The summed E-state index contributed by atoms with van der Waals surface area (Å²) in [6.45, 7) is 0.118. The lowest BCUT2D eigenvalue weighted by Gasteiger charge is -2.10. The molecule has 2 amide bonds. The molecule has 0 spiro atoms. The smallest absolute Gasteiger partial charge is 0.253 e. The molecule has 0 radical (unpaired) electrons. The minimum absolute atomic E-state index is 0.0497. The van der Waals surface area contributed by atoms with E-state index in [9.17, 15) is 18.4 Å². The summed E-state index contributed by atoms with van der Waals surface area (Å²) in [4.78, 5) is 24.0. The molecule has 1 aromatic heterocycles. The molecule has 0 aliphatic carbocycles. The minimum Gasteiger partial charge on any atom is -0.460 e. The van der Waals surface area contributed by atoms with E-state index in [0.29, 0.717) is 17.0 Å². The van der Waals surface area contributed by atoms with Gasteiger partial charge in [-0.15, -0.1) is 0 Å². The van der Waals surface area contributed by atoms with E-state index in [1.54, 1.807) is 30.3 Å². The average Bonchev–Trinajstić information content (AvgIpc) is 3.19. The van der Waals surface area contributed by atoms with Crippen LogP contribution in [0.3, 0.4) is 0 Å². The molecule has 0 saturated carbocycles. The second-order valence-corrected chi connectivity index (χ2v) is 6.73. The molecule has 3 aromatic rings. The van der Waals surface area contributed by atoms with Crippen LogP contribution in [0.25, 0.3) is 11.3 Å². The van der Waals surface area contributed by atoms with Gasteiger partial charge in [-0.2, -0.15) is 0 Å². The second kappa shape index (κ2) is 9.51. The lowest BCUT2D eigenvalue weighted by molar-refractivity contribution is -0.115. The van der Waals surface area contributed by atoms with Crippen LogP contribution >= 0.6 is 11.6 Å². The lowest BCUT2D eigenvalue weighted by atomic mass is 10.1. The largest absolute Gasteiger partial charge is 0.460 e. The van der Waals surface area contributed by atoms with Crippen LogP contribution in [0.15, 0.2) is 52.9 Å². The number of halogens is 3. The Kier molecular flexibility index (Phi) is 6.81. The summed E-state index contributed by atoms with van der Waals surface area (Å²) < 4.78 is 33.0. The number of hydrogen-bond acceptors (Lipinski definition) is 4. The normalized spacial score (nSPS) is 10.7. The Labute approximate surface area is 176 Å². The van der Waals surface area contributed by atoms with Crippen molar-refractivity contribution in [1.29, 1.82) is 0 Å². The van der Waals surface area contributed by atoms with E-state index in [4.69, 9.17) is 16.0 Å². The number of furan rings is 1. The van der Waals surface area contributed by atoms with Gasteiger partial charge < -0.3 is 20.4 Å². The number of para-hydroxylation sites is 1. The highest BCUT2D eigenvalue weighted by molar-refractivity contribution is 6.30. The van der Waals surface area contributed by atoms with E-state index in [1.807, 2.05) is 0 Å². The van der Waals surface area contributed by atoms with E-state index >= 15 is 0 Å². The number of carbonyl (C=O) groups excluding carboxylic acids is 2. The first-order valence-electron chi connectivity index (χ1n) is 8.94. The van der Waals surface area contributed by atoms with Crippen LogP contribution in [-0.2, 0) is 11.3 Å². The summed E-state index contributed by atoms with van der Waals surface area (Å²) >= 11 is 5.77. The van der Waals surface area contributed by atoms with Gasteiger partial charge in [-0.25, -0.2) is 8.78 Å². The van der Waals surface area contributed by atoms with Crippen molar-refractivity contribution in [3.8, 4) is 11.3 Å². The molecule has 0 fully saturated rings. The van der Waals surface area contributed by atoms with Gasteiger partial charge in [0.15, 0.2) is 11.6 Å². The number of carbonyl (C=O) groups is 2. The number of amides is 2. The van der Waals surface area contributed by atoms with Gasteiger partial charge in [0.1, 0.15) is 11.5 Å². The lowest BCUT2D eigenvalue weighted by Crippen LogP contribution is -2.29. The first-order chi connectivity index (χ1) is 14.4. The zero-order chi connectivity index (χ0) is 21.7. The molecule has 3 rings (SSSR count). The molecule has 2 aromatic carbocycles. The third kappa shape index (κ3) is 5.03. The van der Waals surface area contributed by atoms with Crippen LogP contribution in [0.2, 0.25) is 5.02 Å². The number of hydrogen-bond donors (Lipinski definition) is 3. The average molecular weight is 434 g/mol. The molecule has 0 atom stereocenters. The minimum atomic E-state index is -1.07. The zero-order valence-corrected chi connectivity index (χ0v) is 16.6. The maximum atomic E-state index is 14.0. The Bertz CT molecular complexity index is 1090. The molecule has 156 valence electrons. The molecule has 0 aliphatic rings. The van der Waals surface area contributed by atoms with Crippen LogP contribution in [0.4, 0.5) is 14.5 Å². The molecule has 30 heavy (non-hydrogen) atoms. The van der Waals surface area contributed by atoms with Crippen molar-refractivity contribution < 1.29 is 22.8 Å². The highest BCUT2D eigenvalue weighted by Crippen LogP contribution is 2.29. The Morgan fingerprint density at radius 1 is 1.10 bits per heavy atom. The highest BCUT2D eigenvalue weighted by Gasteiger charge is 2.16. The molecule has 9 heteroatoms. The van der Waals surface area contributed by atoms with Crippen molar-refractivity contribution in [2.45, 2.75) is 6.54 Å². The van der Waals surface area contributed by atoms with Gasteiger partial charge in [0, 0.05) is 12.1 Å². The van der Waals surface area contributed by atoms with E-state index in [0.717, 1.165) is 6.07 Å². The fourth-order valence-electron chi connectivity index (χ4n) is 2.77. The molecular formula is C21H18ClF2N3O3. The molecule has 3 N–H and O–H groups in total. The number of rotatable bonds is 7. The van der Waals surface area contributed by atoms with Crippen LogP contribution in [0, 0.1) is 11.6 Å². The maximum absolute atomic E-state index is 14.0. The van der Waals surface area contributed by atoms with Gasteiger partial charge >= 0.3 is 0 Å². The summed E-state index contributed by atoms with van der Waals surface area (Å²) in [6, 6.07) is 11.9. The Hall–Kier alpha value is -3.23. The topological polar surface area (TPSA) is 83.4 Å².